The molecule has 0 saturated heterocycles. The molecule has 2 rings (SSSR count). The second kappa shape index (κ2) is 3.97. The van der Waals surface area contributed by atoms with Crippen LogP contribution in [0.4, 0.5) is 4.39 Å². The van der Waals surface area contributed by atoms with Crippen molar-refractivity contribution in [3.05, 3.63) is 41.5 Å². The highest BCUT2D eigenvalue weighted by Crippen LogP contribution is 2.20. The Labute approximate surface area is 89.0 Å². The molecule has 1 heterocycles. The maximum atomic E-state index is 13.1. The van der Waals surface area contributed by atoms with Gasteiger partial charge in [0.25, 0.3) is 0 Å². The Morgan fingerprint density at radius 2 is 1.93 bits per heavy atom. The minimum absolute atomic E-state index is 0.183. The third kappa shape index (κ3) is 1.84. The number of hydrogen-bond donors (Lipinski definition) is 0. The van der Waals surface area contributed by atoms with Crippen LogP contribution in [0.15, 0.2) is 24.3 Å². The molecule has 0 N–H and O–H groups in total. The lowest BCUT2D eigenvalue weighted by Gasteiger charge is -2.06. The summed E-state index contributed by atoms with van der Waals surface area (Å²) < 4.78 is 13.1. The van der Waals surface area contributed by atoms with Gasteiger partial charge in [-0.25, -0.2) is 4.39 Å². The third-order valence-electron chi connectivity index (χ3n) is 2.62. The molecule has 0 saturated carbocycles. The fourth-order valence-electron chi connectivity index (χ4n) is 1.81. The largest absolute Gasteiger partial charge is 0.257 e. The van der Waals surface area contributed by atoms with Crippen molar-refractivity contribution in [2.45, 2.75) is 26.7 Å². The van der Waals surface area contributed by atoms with Gasteiger partial charge in [0.2, 0.25) is 0 Å². The van der Waals surface area contributed by atoms with Gasteiger partial charge in [-0.3, -0.25) is 4.98 Å². The Morgan fingerprint density at radius 1 is 1.13 bits per heavy atom. The highest BCUT2D eigenvalue weighted by atomic mass is 19.1. The maximum Gasteiger partial charge on any atom is 0.123 e. The topological polar surface area (TPSA) is 12.9 Å². The number of aryl methyl sites for hydroxylation is 2. The first kappa shape index (κ1) is 10.1. The number of hydrogen-bond acceptors (Lipinski definition) is 1. The SMILES string of the molecule is CCc1cc2cc(F)ccc2c(CC)n1. The molecular formula is C13H14FN. The summed E-state index contributed by atoms with van der Waals surface area (Å²) in [6, 6.07) is 6.86. The average molecular weight is 203 g/mol. The van der Waals surface area contributed by atoms with Crippen LogP contribution < -0.4 is 0 Å². The molecular weight excluding hydrogens is 189 g/mol. The quantitative estimate of drug-likeness (QED) is 0.728. The molecule has 2 aromatic rings. The highest BCUT2D eigenvalue weighted by molar-refractivity contribution is 5.85. The van der Waals surface area contributed by atoms with E-state index in [0.29, 0.717) is 0 Å². The summed E-state index contributed by atoms with van der Waals surface area (Å²) in [4.78, 5) is 4.55. The smallest absolute Gasteiger partial charge is 0.123 e. The van der Waals surface area contributed by atoms with Crippen molar-refractivity contribution >= 4 is 10.8 Å². The second-order valence-corrected chi connectivity index (χ2v) is 3.63. The van der Waals surface area contributed by atoms with Crippen LogP contribution in [-0.2, 0) is 12.8 Å². The Balaban J connectivity index is 2.74. The standard InChI is InChI=1S/C13H14FN/c1-3-11-8-9-7-10(14)5-6-12(9)13(4-2)15-11/h5-8H,3-4H2,1-2H3. The van der Waals surface area contributed by atoms with Crippen molar-refractivity contribution in [3.8, 4) is 0 Å². The lowest BCUT2D eigenvalue weighted by molar-refractivity contribution is 0.629. The Kier molecular flexibility index (Phi) is 2.67. The molecule has 0 atom stereocenters. The molecule has 0 aliphatic rings. The van der Waals surface area contributed by atoms with E-state index in [4.69, 9.17) is 0 Å². The fraction of sp³-hybridized carbons (Fsp3) is 0.308. The molecule has 0 radical (unpaired) electrons. The monoisotopic (exact) mass is 203 g/mol. The molecule has 0 bridgehead atoms. The van der Waals surface area contributed by atoms with E-state index in [9.17, 15) is 4.39 Å². The van der Waals surface area contributed by atoms with E-state index >= 15 is 0 Å². The van der Waals surface area contributed by atoms with Crippen LogP contribution in [0.3, 0.4) is 0 Å². The first-order valence-corrected chi connectivity index (χ1v) is 5.32. The van der Waals surface area contributed by atoms with E-state index in [1.165, 1.54) is 6.07 Å². The van der Waals surface area contributed by atoms with Crippen LogP contribution in [0.5, 0.6) is 0 Å². The van der Waals surface area contributed by atoms with Gasteiger partial charge in [0.15, 0.2) is 0 Å². The lowest BCUT2D eigenvalue weighted by Crippen LogP contribution is -1.95. The van der Waals surface area contributed by atoms with Gasteiger partial charge in [0.05, 0.1) is 0 Å². The van der Waals surface area contributed by atoms with Gasteiger partial charge in [-0.15, -0.1) is 0 Å². The van der Waals surface area contributed by atoms with Crippen molar-refractivity contribution in [1.29, 1.82) is 0 Å². The van der Waals surface area contributed by atoms with Crippen molar-refractivity contribution < 1.29 is 4.39 Å². The number of pyridine rings is 1. The summed E-state index contributed by atoms with van der Waals surface area (Å²) in [6.07, 6.45) is 1.77. The van der Waals surface area contributed by atoms with Crippen LogP contribution in [0.1, 0.15) is 25.2 Å². The molecule has 0 aliphatic carbocycles. The molecule has 78 valence electrons. The second-order valence-electron chi connectivity index (χ2n) is 3.63. The van der Waals surface area contributed by atoms with Gasteiger partial charge in [-0.1, -0.05) is 13.8 Å². The average Bonchev–Trinajstić information content (AvgIpc) is 2.26. The van der Waals surface area contributed by atoms with E-state index in [1.54, 1.807) is 6.07 Å². The van der Waals surface area contributed by atoms with Gasteiger partial charge >= 0.3 is 0 Å². The zero-order valence-corrected chi connectivity index (χ0v) is 9.05. The van der Waals surface area contributed by atoms with E-state index in [-0.39, 0.29) is 5.82 Å². The van der Waals surface area contributed by atoms with Crippen LogP contribution in [-0.4, -0.2) is 4.98 Å². The Bertz CT molecular complexity index is 491. The predicted octanol–water partition coefficient (Wildman–Crippen LogP) is 3.50. The van der Waals surface area contributed by atoms with Crippen LogP contribution in [0, 0.1) is 5.82 Å². The van der Waals surface area contributed by atoms with Crippen LogP contribution in [0.2, 0.25) is 0 Å². The normalized spacial score (nSPS) is 10.9. The molecule has 0 unspecified atom stereocenters. The zero-order valence-electron chi connectivity index (χ0n) is 9.05. The number of nitrogens with zero attached hydrogens (tertiary/aromatic N) is 1. The number of halogens is 1. The molecule has 2 heteroatoms. The zero-order chi connectivity index (χ0) is 10.8. The van der Waals surface area contributed by atoms with Gasteiger partial charge in [0, 0.05) is 16.8 Å². The van der Waals surface area contributed by atoms with Gasteiger partial charge in [-0.05, 0) is 42.5 Å². The number of aromatic nitrogens is 1. The predicted molar refractivity (Wildman–Crippen MR) is 60.5 cm³/mol. The minimum Gasteiger partial charge on any atom is -0.257 e. The first-order valence-electron chi connectivity index (χ1n) is 5.32. The van der Waals surface area contributed by atoms with Crippen LogP contribution >= 0.6 is 0 Å². The molecule has 0 fully saturated rings. The summed E-state index contributed by atoms with van der Waals surface area (Å²) in [5, 5.41) is 2.02. The molecule has 1 aromatic heterocycles. The number of rotatable bonds is 2. The van der Waals surface area contributed by atoms with E-state index in [0.717, 1.165) is 35.0 Å². The third-order valence-corrected chi connectivity index (χ3v) is 2.62. The summed E-state index contributed by atoms with van der Waals surface area (Å²) >= 11 is 0. The fourth-order valence-corrected chi connectivity index (χ4v) is 1.81. The highest BCUT2D eigenvalue weighted by Gasteiger charge is 2.04. The van der Waals surface area contributed by atoms with E-state index in [2.05, 4.69) is 18.8 Å². The maximum absolute atomic E-state index is 13.1. The summed E-state index contributed by atoms with van der Waals surface area (Å²) in [6.45, 7) is 4.14. The Hall–Kier alpha value is -1.44. The van der Waals surface area contributed by atoms with Gasteiger partial charge in [-0.2, -0.15) is 0 Å². The molecule has 1 aromatic carbocycles. The van der Waals surface area contributed by atoms with E-state index < -0.39 is 0 Å². The summed E-state index contributed by atoms with van der Waals surface area (Å²) in [7, 11) is 0. The van der Waals surface area contributed by atoms with Crippen molar-refractivity contribution in [3.63, 3.8) is 0 Å². The lowest BCUT2D eigenvalue weighted by atomic mass is 10.1. The molecule has 0 spiro atoms. The van der Waals surface area contributed by atoms with Gasteiger partial charge in [0.1, 0.15) is 5.82 Å². The van der Waals surface area contributed by atoms with Crippen molar-refractivity contribution in [1.82, 2.24) is 4.98 Å². The van der Waals surface area contributed by atoms with E-state index in [1.807, 2.05) is 12.1 Å². The van der Waals surface area contributed by atoms with Crippen molar-refractivity contribution in [2.75, 3.05) is 0 Å². The van der Waals surface area contributed by atoms with Crippen LogP contribution in [0.25, 0.3) is 10.8 Å². The summed E-state index contributed by atoms with van der Waals surface area (Å²) in [5.74, 6) is -0.183. The molecule has 0 aliphatic heterocycles. The Morgan fingerprint density at radius 3 is 2.60 bits per heavy atom. The molecule has 0 amide bonds. The van der Waals surface area contributed by atoms with Gasteiger partial charge < -0.3 is 0 Å². The number of benzene rings is 1. The molecule has 15 heavy (non-hydrogen) atoms. The minimum atomic E-state index is -0.183. The first-order chi connectivity index (χ1) is 7.24. The molecule has 1 nitrogen and oxygen atoms in total. The summed E-state index contributed by atoms with van der Waals surface area (Å²) in [5.41, 5.74) is 2.09. The van der Waals surface area contributed by atoms with Crippen molar-refractivity contribution in [2.24, 2.45) is 0 Å². The number of fused-ring (bicyclic) bond motifs is 1.